The second-order valence-corrected chi connectivity index (χ2v) is 5.34. The first-order valence-electron chi connectivity index (χ1n) is 5.99. The van der Waals surface area contributed by atoms with Gasteiger partial charge in [-0.05, 0) is 43.5 Å². The van der Waals surface area contributed by atoms with E-state index in [0.29, 0.717) is 16.1 Å². The fraction of sp³-hybridized carbons (Fsp3) is 0.538. The van der Waals surface area contributed by atoms with Crippen LogP contribution in [0, 0.1) is 0 Å². The lowest BCUT2D eigenvalue weighted by Gasteiger charge is -2.24. The van der Waals surface area contributed by atoms with Gasteiger partial charge < -0.3 is 5.11 Å². The second kappa shape index (κ2) is 6.05. The summed E-state index contributed by atoms with van der Waals surface area (Å²) in [6.07, 6.45) is 3.26. The molecular weight excluding hydrogens is 257 g/mol. The van der Waals surface area contributed by atoms with E-state index >= 15 is 0 Å². The number of halogens is 2. The first-order chi connectivity index (χ1) is 8.20. The van der Waals surface area contributed by atoms with Gasteiger partial charge in [0.2, 0.25) is 0 Å². The van der Waals surface area contributed by atoms with Crippen molar-refractivity contribution in [1.82, 2.24) is 4.90 Å². The minimum Gasteiger partial charge on any atom is -0.396 e. The van der Waals surface area contributed by atoms with Crippen LogP contribution in [-0.4, -0.2) is 29.2 Å². The van der Waals surface area contributed by atoms with E-state index in [0.717, 1.165) is 19.5 Å². The molecule has 17 heavy (non-hydrogen) atoms. The molecule has 1 atom stereocenters. The molecule has 0 aliphatic carbocycles. The molecule has 1 aliphatic heterocycles. The molecule has 0 amide bonds. The van der Waals surface area contributed by atoms with E-state index in [9.17, 15) is 0 Å². The first kappa shape index (κ1) is 13.2. The number of rotatable bonds is 4. The molecule has 4 heteroatoms. The Labute approximate surface area is 112 Å². The highest BCUT2D eigenvalue weighted by Gasteiger charge is 2.23. The zero-order valence-electron chi connectivity index (χ0n) is 9.70. The Balaban J connectivity index is 2.02. The molecule has 0 saturated carbocycles. The Morgan fingerprint density at radius 3 is 2.82 bits per heavy atom. The largest absolute Gasteiger partial charge is 0.396 e. The predicted octanol–water partition coefficient (Wildman–Crippen LogP) is 3.34. The predicted molar refractivity (Wildman–Crippen MR) is 71.6 cm³/mol. The fourth-order valence-corrected chi connectivity index (χ4v) is 2.77. The lowest BCUT2D eigenvalue weighted by atomic mass is 10.1. The maximum atomic E-state index is 9.03. The van der Waals surface area contributed by atoms with Crippen LogP contribution in [0.25, 0.3) is 0 Å². The molecular formula is C13H17Cl2NO. The van der Waals surface area contributed by atoms with Gasteiger partial charge in [0.05, 0.1) is 10.0 Å². The third-order valence-electron chi connectivity index (χ3n) is 3.33. The molecule has 0 radical (unpaired) electrons. The maximum Gasteiger partial charge on any atom is 0.0595 e. The molecule has 1 aliphatic rings. The molecule has 1 aromatic rings. The van der Waals surface area contributed by atoms with Crippen molar-refractivity contribution in [2.45, 2.75) is 31.8 Å². The fourth-order valence-electron chi connectivity index (χ4n) is 2.45. The smallest absolute Gasteiger partial charge is 0.0595 e. The zero-order chi connectivity index (χ0) is 12.3. The number of hydrogen-bond donors (Lipinski definition) is 1. The zero-order valence-corrected chi connectivity index (χ0v) is 11.2. The summed E-state index contributed by atoms with van der Waals surface area (Å²) in [5, 5.41) is 10.2. The minimum atomic E-state index is 0.266. The van der Waals surface area contributed by atoms with E-state index in [4.69, 9.17) is 28.3 Å². The van der Waals surface area contributed by atoms with Gasteiger partial charge in [-0.1, -0.05) is 29.3 Å². The highest BCUT2D eigenvalue weighted by Crippen LogP contribution is 2.26. The summed E-state index contributed by atoms with van der Waals surface area (Å²) in [5.41, 5.74) is 1.18. The van der Waals surface area contributed by atoms with E-state index in [-0.39, 0.29) is 6.61 Å². The lowest BCUT2D eigenvalue weighted by Crippen LogP contribution is -2.29. The summed E-state index contributed by atoms with van der Waals surface area (Å²) in [7, 11) is 0. The minimum absolute atomic E-state index is 0.266. The van der Waals surface area contributed by atoms with Crippen LogP contribution in [0.1, 0.15) is 24.8 Å². The average Bonchev–Trinajstić information content (AvgIpc) is 2.72. The molecule has 0 bridgehead atoms. The molecule has 2 rings (SSSR count). The van der Waals surface area contributed by atoms with Crippen molar-refractivity contribution in [2.75, 3.05) is 13.2 Å². The maximum absolute atomic E-state index is 9.03. The molecule has 1 saturated heterocycles. The van der Waals surface area contributed by atoms with Crippen molar-refractivity contribution in [3.8, 4) is 0 Å². The van der Waals surface area contributed by atoms with Gasteiger partial charge in [-0.15, -0.1) is 0 Å². The lowest BCUT2D eigenvalue weighted by molar-refractivity contribution is 0.190. The van der Waals surface area contributed by atoms with Gasteiger partial charge in [-0.2, -0.15) is 0 Å². The summed E-state index contributed by atoms with van der Waals surface area (Å²) in [6, 6.07) is 6.30. The van der Waals surface area contributed by atoms with Crippen LogP contribution in [0.2, 0.25) is 10.0 Å². The number of nitrogens with zero attached hydrogens (tertiary/aromatic N) is 1. The Hall–Kier alpha value is -0.280. The van der Waals surface area contributed by atoms with Gasteiger partial charge in [-0.3, -0.25) is 4.90 Å². The molecule has 2 nitrogen and oxygen atoms in total. The number of likely N-dealkylation sites (tertiary alicyclic amines) is 1. The Bertz CT molecular complexity index is 384. The summed E-state index contributed by atoms with van der Waals surface area (Å²) in [4.78, 5) is 2.41. The van der Waals surface area contributed by atoms with Crippen LogP contribution < -0.4 is 0 Å². The Morgan fingerprint density at radius 2 is 2.12 bits per heavy atom. The third kappa shape index (κ3) is 3.35. The summed E-state index contributed by atoms with van der Waals surface area (Å²) < 4.78 is 0. The van der Waals surface area contributed by atoms with Crippen molar-refractivity contribution >= 4 is 23.2 Å². The summed E-state index contributed by atoms with van der Waals surface area (Å²) in [6.45, 7) is 2.26. The standard InChI is InChI=1S/C13H17Cl2NO/c14-12-4-3-10(8-13(12)15)9-16-6-1-2-11(16)5-7-17/h3-4,8,11,17H,1-2,5-7,9H2. The van der Waals surface area contributed by atoms with Crippen LogP contribution >= 0.6 is 23.2 Å². The van der Waals surface area contributed by atoms with Gasteiger partial charge >= 0.3 is 0 Å². The van der Waals surface area contributed by atoms with Crippen molar-refractivity contribution in [2.24, 2.45) is 0 Å². The summed E-state index contributed by atoms with van der Waals surface area (Å²) in [5.74, 6) is 0. The Kier molecular flexibility index (Phi) is 4.69. The molecule has 1 heterocycles. The molecule has 1 N–H and O–H groups in total. The normalized spacial score (nSPS) is 21.0. The molecule has 94 valence electrons. The van der Waals surface area contributed by atoms with E-state index in [1.165, 1.54) is 18.4 Å². The van der Waals surface area contributed by atoms with Crippen molar-refractivity contribution in [3.63, 3.8) is 0 Å². The molecule has 0 aromatic heterocycles. The number of hydrogen-bond acceptors (Lipinski definition) is 2. The highest BCUT2D eigenvalue weighted by atomic mass is 35.5. The first-order valence-corrected chi connectivity index (χ1v) is 6.75. The number of aliphatic hydroxyl groups excluding tert-OH is 1. The van der Waals surface area contributed by atoms with Gasteiger partial charge in [0.25, 0.3) is 0 Å². The molecule has 1 unspecified atom stereocenters. The number of benzene rings is 1. The van der Waals surface area contributed by atoms with E-state index in [1.54, 1.807) is 0 Å². The molecule has 1 aromatic carbocycles. The van der Waals surface area contributed by atoms with Crippen LogP contribution in [-0.2, 0) is 6.54 Å². The van der Waals surface area contributed by atoms with Gasteiger partial charge in [-0.25, -0.2) is 0 Å². The van der Waals surface area contributed by atoms with Gasteiger partial charge in [0, 0.05) is 19.2 Å². The topological polar surface area (TPSA) is 23.5 Å². The van der Waals surface area contributed by atoms with Crippen LogP contribution in [0.3, 0.4) is 0 Å². The van der Waals surface area contributed by atoms with E-state index in [1.807, 2.05) is 18.2 Å². The monoisotopic (exact) mass is 273 g/mol. The molecule has 1 fully saturated rings. The average molecular weight is 274 g/mol. The van der Waals surface area contributed by atoms with Crippen molar-refractivity contribution in [3.05, 3.63) is 33.8 Å². The van der Waals surface area contributed by atoms with Gasteiger partial charge in [0.1, 0.15) is 0 Å². The van der Waals surface area contributed by atoms with Crippen LogP contribution in [0.15, 0.2) is 18.2 Å². The van der Waals surface area contributed by atoms with Crippen LogP contribution in [0.5, 0.6) is 0 Å². The summed E-state index contributed by atoms with van der Waals surface area (Å²) >= 11 is 11.9. The quantitative estimate of drug-likeness (QED) is 0.910. The second-order valence-electron chi connectivity index (χ2n) is 4.53. The highest BCUT2D eigenvalue weighted by molar-refractivity contribution is 6.42. The Morgan fingerprint density at radius 1 is 1.29 bits per heavy atom. The van der Waals surface area contributed by atoms with Crippen molar-refractivity contribution in [1.29, 1.82) is 0 Å². The SMILES string of the molecule is OCCC1CCCN1Cc1ccc(Cl)c(Cl)c1. The van der Waals surface area contributed by atoms with E-state index < -0.39 is 0 Å². The molecule has 0 spiro atoms. The van der Waals surface area contributed by atoms with Crippen LogP contribution in [0.4, 0.5) is 0 Å². The van der Waals surface area contributed by atoms with Crippen molar-refractivity contribution < 1.29 is 5.11 Å². The van der Waals surface area contributed by atoms with Gasteiger partial charge in [0.15, 0.2) is 0 Å². The van der Waals surface area contributed by atoms with E-state index in [2.05, 4.69) is 4.90 Å². The number of aliphatic hydroxyl groups is 1. The third-order valence-corrected chi connectivity index (χ3v) is 4.07.